The van der Waals surface area contributed by atoms with E-state index in [4.69, 9.17) is 4.74 Å². The molecule has 140 valence electrons. The van der Waals surface area contributed by atoms with Crippen LogP contribution >= 0.6 is 0 Å². The first-order valence-electron chi connectivity index (χ1n) is 8.68. The maximum atomic E-state index is 13.3. The first-order chi connectivity index (χ1) is 13.0. The number of carbonyl (C=O) groups excluding carboxylic acids is 2. The highest BCUT2D eigenvalue weighted by Crippen LogP contribution is 2.33. The van der Waals surface area contributed by atoms with Gasteiger partial charge in [-0.3, -0.25) is 14.5 Å². The summed E-state index contributed by atoms with van der Waals surface area (Å²) >= 11 is 0. The molecule has 0 radical (unpaired) electrons. The minimum Gasteiger partial charge on any atom is -0.385 e. The molecular formula is C21H21FN2O3. The molecule has 1 aliphatic rings. The third-order valence-electron chi connectivity index (χ3n) is 4.49. The van der Waals surface area contributed by atoms with Crippen molar-refractivity contribution < 1.29 is 18.7 Å². The number of para-hydroxylation sites is 1. The van der Waals surface area contributed by atoms with Crippen LogP contribution in [0.4, 0.5) is 10.1 Å². The van der Waals surface area contributed by atoms with Crippen molar-refractivity contribution in [2.24, 2.45) is 0 Å². The molecule has 0 fully saturated rings. The number of halogens is 1. The molecule has 0 aliphatic carbocycles. The average Bonchev–Trinajstić information content (AvgIpc) is 2.93. The summed E-state index contributed by atoms with van der Waals surface area (Å²) in [5.41, 5.74) is 1.87. The van der Waals surface area contributed by atoms with E-state index in [2.05, 4.69) is 0 Å². The van der Waals surface area contributed by atoms with Gasteiger partial charge in [0.15, 0.2) is 0 Å². The third-order valence-corrected chi connectivity index (χ3v) is 4.49. The lowest BCUT2D eigenvalue weighted by Gasteiger charge is -2.21. The highest BCUT2D eigenvalue weighted by Gasteiger charge is 2.40. The SMILES string of the molecule is COCCCN1C(=O)C(c2ccc(F)cc2)=C(N(C)c2ccccc2)C1=O. The Hall–Kier alpha value is -2.99. The fourth-order valence-electron chi connectivity index (χ4n) is 3.10. The Morgan fingerprint density at radius 3 is 2.30 bits per heavy atom. The molecule has 0 unspecified atom stereocenters. The van der Waals surface area contributed by atoms with Gasteiger partial charge in [0.1, 0.15) is 11.5 Å². The molecule has 27 heavy (non-hydrogen) atoms. The molecule has 5 nitrogen and oxygen atoms in total. The van der Waals surface area contributed by atoms with Crippen LogP contribution < -0.4 is 4.90 Å². The maximum Gasteiger partial charge on any atom is 0.278 e. The van der Waals surface area contributed by atoms with Gasteiger partial charge in [0.05, 0.1) is 5.57 Å². The maximum absolute atomic E-state index is 13.3. The number of methoxy groups -OCH3 is 1. The zero-order chi connectivity index (χ0) is 19.4. The molecule has 0 saturated carbocycles. The van der Waals surface area contributed by atoms with Gasteiger partial charge in [0.2, 0.25) is 0 Å². The van der Waals surface area contributed by atoms with E-state index in [0.717, 1.165) is 5.69 Å². The molecule has 1 heterocycles. The van der Waals surface area contributed by atoms with Crippen molar-refractivity contribution in [2.75, 3.05) is 32.2 Å². The zero-order valence-corrected chi connectivity index (χ0v) is 15.3. The molecule has 0 N–H and O–H groups in total. The monoisotopic (exact) mass is 368 g/mol. The van der Waals surface area contributed by atoms with Gasteiger partial charge in [-0.05, 0) is 36.2 Å². The van der Waals surface area contributed by atoms with Gasteiger partial charge in [-0.1, -0.05) is 30.3 Å². The second kappa shape index (κ2) is 8.14. The van der Waals surface area contributed by atoms with E-state index in [-0.39, 0.29) is 29.6 Å². The minimum atomic E-state index is -0.397. The second-order valence-corrected chi connectivity index (χ2v) is 6.23. The Labute approximate surface area is 157 Å². The number of amides is 2. The summed E-state index contributed by atoms with van der Waals surface area (Å²) in [5.74, 6) is -1.13. The number of carbonyl (C=O) groups is 2. The first kappa shape index (κ1) is 18.8. The predicted molar refractivity (Wildman–Crippen MR) is 101 cm³/mol. The van der Waals surface area contributed by atoms with Crippen LogP contribution in [0.15, 0.2) is 60.3 Å². The van der Waals surface area contributed by atoms with Crippen LogP contribution in [0.1, 0.15) is 12.0 Å². The van der Waals surface area contributed by atoms with Crippen molar-refractivity contribution in [1.29, 1.82) is 0 Å². The van der Waals surface area contributed by atoms with E-state index < -0.39 is 5.82 Å². The lowest BCUT2D eigenvalue weighted by atomic mass is 10.0. The number of nitrogens with zero attached hydrogens (tertiary/aromatic N) is 2. The van der Waals surface area contributed by atoms with Crippen molar-refractivity contribution in [1.82, 2.24) is 4.90 Å². The number of hydrogen-bond donors (Lipinski definition) is 0. The van der Waals surface area contributed by atoms with Crippen LogP contribution in [0.5, 0.6) is 0 Å². The molecule has 1 aliphatic heterocycles. The predicted octanol–water partition coefficient (Wildman–Crippen LogP) is 3.08. The van der Waals surface area contributed by atoms with Crippen LogP contribution in [-0.4, -0.2) is 44.0 Å². The van der Waals surface area contributed by atoms with Crippen LogP contribution in [-0.2, 0) is 14.3 Å². The van der Waals surface area contributed by atoms with Crippen LogP contribution in [0, 0.1) is 5.82 Å². The van der Waals surface area contributed by atoms with E-state index in [1.54, 1.807) is 19.1 Å². The van der Waals surface area contributed by atoms with Crippen LogP contribution in [0.25, 0.3) is 5.57 Å². The topological polar surface area (TPSA) is 49.9 Å². The van der Waals surface area contributed by atoms with Gasteiger partial charge >= 0.3 is 0 Å². The molecular weight excluding hydrogens is 347 g/mol. The Bertz CT molecular complexity index is 863. The average molecular weight is 368 g/mol. The lowest BCUT2D eigenvalue weighted by Crippen LogP contribution is -2.35. The van der Waals surface area contributed by atoms with Gasteiger partial charge in [0.25, 0.3) is 11.8 Å². The summed E-state index contributed by atoms with van der Waals surface area (Å²) in [6.07, 6.45) is 0.549. The number of benzene rings is 2. The van der Waals surface area contributed by atoms with Crippen molar-refractivity contribution in [3.63, 3.8) is 0 Å². The minimum absolute atomic E-state index is 0.266. The highest BCUT2D eigenvalue weighted by atomic mass is 19.1. The van der Waals surface area contributed by atoms with Crippen LogP contribution in [0.2, 0.25) is 0 Å². The molecule has 6 heteroatoms. The largest absolute Gasteiger partial charge is 0.385 e. The van der Waals surface area contributed by atoms with E-state index in [1.807, 2.05) is 30.3 Å². The van der Waals surface area contributed by atoms with Gasteiger partial charge in [-0.15, -0.1) is 0 Å². The Kier molecular flexibility index (Phi) is 5.66. The molecule has 0 saturated heterocycles. The highest BCUT2D eigenvalue weighted by molar-refractivity contribution is 6.36. The van der Waals surface area contributed by atoms with Gasteiger partial charge in [-0.25, -0.2) is 4.39 Å². The lowest BCUT2D eigenvalue weighted by molar-refractivity contribution is -0.137. The standard InChI is InChI=1S/C21H21FN2O3/c1-23(17-7-4-3-5-8-17)19-18(15-9-11-16(22)12-10-15)20(25)24(21(19)26)13-6-14-27-2/h3-5,7-12H,6,13-14H2,1-2H3. The summed E-state index contributed by atoms with van der Waals surface area (Å²) in [4.78, 5) is 29.0. The van der Waals surface area contributed by atoms with E-state index in [0.29, 0.717) is 18.6 Å². The zero-order valence-electron chi connectivity index (χ0n) is 15.3. The Morgan fingerprint density at radius 2 is 1.67 bits per heavy atom. The molecule has 0 bridgehead atoms. The molecule has 2 aromatic carbocycles. The van der Waals surface area contributed by atoms with Crippen molar-refractivity contribution >= 4 is 23.1 Å². The summed E-state index contributed by atoms with van der Waals surface area (Å²) in [7, 11) is 3.32. The number of ether oxygens (including phenoxy) is 1. The van der Waals surface area contributed by atoms with Gasteiger partial charge in [0, 0.05) is 33.0 Å². The van der Waals surface area contributed by atoms with Crippen LogP contribution in [0.3, 0.4) is 0 Å². The molecule has 2 amide bonds. The fraction of sp³-hybridized carbons (Fsp3) is 0.238. The molecule has 3 rings (SSSR count). The Morgan fingerprint density at radius 1 is 1.00 bits per heavy atom. The number of rotatable bonds is 7. The summed E-state index contributed by atoms with van der Waals surface area (Å²) in [5, 5.41) is 0. The second-order valence-electron chi connectivity index (χ2n) is 6.23. The molecule has 0 aromatic heterocycles. The number of imide groups is 1. The first-order valence-corrected chi connectivity index (χ1v) is 8.68. The normalized spacial score (nSPS) is 14.3. The molecule has 0 spiro atoms. The fourth-order valence-corrected chi connectivity index (χ4v) is 3.10. The van der Waals surface area contributed by atoms with Crippen molar-refractivity contribution in [2.45, 2.75) is 6.42 Å². The Balaban J connectivity index is 2.04. The summed E-state index contributed by atoms with van der Waals surface area (Å²) in [6.45, 7) is 0.717. The number of hydrogen-bond acceptors (Lipinski definition) is 4. The van der Waals surface area contributed by atoms with E-state index >= 15 is 0 Å². The summed E-state index contributed by atoms with van der Waals surface area (Å²) in [6, 6.07) is 14.9. The quantitative estimate of drug-likeness (QED) is 0.557. The molecule has 2 aromatic rings. The third kappa shape index (κ3) is 3.75. The van der Waals surface area contributed by atoms with E-state index in [9.17, 15) is 14.0 Å². The van der Waals surface area contributed by atoms with Crippen molar-refractivity contribution in [3.05, 3.63) is 71.7 Å². The number of anilines is 1. The smallest absolute Gasteiger partial charge is 0.278 e. The number of likely N-dealkylation sites (N-methyl/N-ethyl adjacent to an activating group) is 1. The van der Waals surface area contributed by atoms with Gasteiger partial charge in [-0.2, -0.15) is 0 Å². The summed E-state index contributed by atoms with van der Waals surface area (Å²) < 4.78 is 18.4. The molecule has 0 atom stereocenters. The van der Waals surface area contributed by atoms with E-state index in [1.165, 1.54) is 29.2 Å². The van der Waals surface area contributed by atoms with Crippen molar-refractivity contribution in [3.8, 4) is 0 Å². The van der Waals surface area contributed by atoms with Gasteiger partial charge < -0.3 is 9.64 Å².